The van der Waals surface area contributed by atoms with Gasteiger partial charge in [0.1, 0.15) is 0 Å². The normalized spacial score (nSPS) is 16.3. The summed E-state index contributed by atoms with van der Waals surface area (Å²) in [5.74, 6) is 0.222. The Labute approximate surface area is 129 Å². The van der Waals surface area contributed by atoms with Crippen LogP contribution in [0.4, 0.5) is 0 Å². The minimum atomic E-state index is 0.222. The lowest BCUT2D eigenvalue weighted by Crippen LogP contribution is -2.39. The largest absolute Gasteiger partial charge is 0.334 e. The number of alkyl halides is 1. The van der Waals surface area contributed by atoms with E-state index in [1.165, 1.54) is 35.1 Å². The second kappa shape index (κ2) is 5.94. The maximum Gasteiger partial charge on any atom is 0.264 e. The summed E-state index contributed by atoms with van der Waals surface area (Å²) in [6.07, 6.45) is 4.85. The van der Waals surface area contributed by atoms with Gasteiger partial charge in [-0.3, -0.25) is 4.79 Å². The van der Waals surface area contributed by atoms with E-state index in [0.717, 1.165) is 16.8 Å². The van der Waals surface area contributed by atoms with E-state index in [1.807, 2.05) is 0 Å². The number of hydrogen-bond acceptors (Lipinski definition) is 3. The number of rotatable bonds is 4. The molecule has 2 aromatic rings. The minimum Gasteiger partial charge on any atom is -0.334 e. The van der Waals surface area contributed by atoms with Crippen LogP contribution in [0.5, 0.6) is 0 Å². The van der Waals surface area contributed by atoms with Crippen LogP contribution in [-0.2, 0) is 0 Å². The van der Waals surface area contributed by atoms with E-state index >= 15 is 0 Å². The Morgan fingerprint density at radius 2 is 2.16 bits per heavy atom. The van der Waals surface area contributed by atoms with Gasteiger partial charge in [-0.1, -0.05) is 28.8 Å². The van der Waals surface area contributed by atoms with Crippen molar-refractivity contribution >= 4 is 53.9 Å². The Bertz CT molecular complexity index is 542. The van der Waals surface area contributed by atoms with Crippen molar-refractivity contribution in [1.82, 2.24) is 4.90 Å². The molecule has 1 aliphatic carbocycles. The van der Waals surface area contributed by atoms with Crippen molar-refractivity contribution in [3.05, 3.63) is 22.4 Å². The average molecular weight is 358 g/mol. The molecule has 0 aromatic carbocycles. The number of hydrogen-bond donors (Lipinski definition) is 0. The van der Waals surface area contributed by atoms with Crippen molar-refractivity contribution in [3.63, 3.8) is 0 Å². The molecule has 2 nitrogen and oxygen atoms in total. The molecule has 5 heteroatoms. The molecular formula is C14H16BrNOS2. The number of fused-ring (bicyclic) bond motifs is 1. The fourth-order valence-corrected chi connectivity index (χ4v) is 5.22. The Morgan fingerprint density at radius 3 is 2.84 bits per heavy atom. The molecule has 0 bridgehead atoms. The van der Waals surface area contributed by atoms with Crippen LogP contribution in [0.2, 0.25) is 0 Å². The molecule has 3 rings (SSSR count). The summed E-state index contributed by atoms with van der Waals surface area (Å²) in [4.78, 5) is 15.7. The van der Waals surface area contributed by atoms with Gasteiger partial charge < -0.3 is 4.90 Å². The first-order valence-electron chi connectivity index (χ1n) is 6.63. The molecule has 2 aromatic heterocycles. The fraction of sp³-hybridized carbons (Fsp3) is 0.500. The van der Waals surface area contributed by atoms with E-state index in [4.69, 9.17) is 0 Å². The zero-order valence-corrected chi connectivity index (χ0v) is 13.8. The second-order valence-corrected chi connectivity index (χ2v) is 7.71. The highest BCUT2D eigenvalue weighted by Crippen LogP contribution is 2.32. The Hall–Kier alpha value is -0.390. The lowest BCUT2D eigenvalue weighted by molar-refractivity contribution is 0.0701. The smallest absolute Gasteiger partial charge is 0.264 e. The van der Waals surface area contributed by atoms with Crippen molar-refractivity contribution in [2.75, 3.05) is 11.9 Å². The van der Waals surface area contributed by atoms with Gasteiger partial charge in [-0.05, 0) is 30.4 Å². The molecule has 0 spiro atoms. The molecule has 1 saturated carbocycles. The molecule has 0 unspecified atom stereocenters. The molecule has 2 heterocycles. The summed E-state index contributed by atoms with van der Waals surface area (Å²) in [6, 6.07) is 4.61. The van der Waals surface area contributed by atoms with Gasteiger partial charge in [0.25, 0.3) is 5.91 Å². The summed E-state index contributed by atoms with van der Waals surface area (Å²) in [7, 11) is 0. The maximum atomic E-state index is 12.7. The highest BCUT2D eigenvalue weighted by Gasteiger charge is 2.27. The van der Waals surface area contributed by atoms with E-state index < -0.39 is 0 Å². The van der Waals surface area contributed by atoms with Gasteiger partial charge in [0.2, 0.25) is 0 Å². The van der Waals surface area contributed by atoms with Crippen LogP contribution >= 0.6 is 38.6 Å². The first-order valence-corrected chi connectivity index (χ1v) is 9.45. The highest BCUT2D eigenvalue weighted by atomic mass is 79.9. The number of thiophene rings is 2. The van der Waals surface area contributed by atoms with Crippen LogP contribution in [0.1, 0.15) is 35.4 Å². The van der Waals surface area contributed by atoms with E-state index in [0.29, 0.717) is 6.04 Å². The van der Waals surface area contributed by atoms with Crippen LogP contribution < -0.4 is 0 Å². The average Bonchev–Trinajstić information content (AvgIpc) is 3.09. The Balaban J connectivity index is 1.84. The number of amides is 1. The summed E-state index contributed by atoms with van der Waals surface area (Å²) in [6.45, 7) is 0.815. The first-order chi connectivity index (χ1) is 9.29. The zero-order chi connectivity index (χ0) is 13.2. The molecule has 102 valence electrons. The zero-order valence-electron chi connectivity index (χ0n) is 10.6. The monoisotopic (exact) mass is 357 g/mol. The van der Waals surface area contributed by atoms with Crippen molar-refractivity contribution in [1.29, 1.82) is 0 Å². The molecule has 19 heavy (non-hydrogen) atoms. The number of carbonyl (C=O) groups excluding carboxylic acids is 1. The molecule has 0 saturated heterocycles. The summed E-state index contributed by atoms with van der Waals surface area (Å²) >= 11 is 6.82. The maximum absolute atomic E-state index is 12.7. The quantitative estimate of drug-likeness (QED) is 0.723. The molecule has 1 amide bonds. The lowest BCUT2D eigenvalue weighted by atomic mass is 10.2. The molecule has 1 aliphatic rings. The molecule has 1 fully saturated rings. The van der Waals surface area contributed by atoms with Gasteiger partial charge in [0, 0.05) is 27.3 Å². The Kier molecular flexibility index (Phi) is 4.24. The molecule has 0 aliphatic heterocycles. The summed E-state index contributed by atoms with van der Waals surface area (Å²) in [5.41, 5.74) is 0. The minimum absolute atomic E-state index is 0.222. The first kappa shape index (κ1) is 13.6. The van der Waals surface area contributed by atoms with Crippen molar-refractivity contribution in [2.24, 2.45) is 0 Å². The third-order valence-corrected chi connectivity index (χ3v) is 6.14. The van der Waals surface area contributed by atoms with Gasteiger partial charge >= 0.3 is 0 Å². The van der Waals surface area contributed by atoms with Crippen molar-refractivity contribution in [2.45, 2.75) is 31.7 Å². The Morgan fingerprint density at radius 1 is 1.37 bits per heavy atom. The van der Waals surface area contributed by atoms with Crippen LogP contribution in [0.25, 0.3) is 9.40 Å². The highest BCUT2D eigenvalue weighted by molar-refractivity contribution is 9.09. The van der Waals surface area contributed by atoms with Crippen molar-refractivity contribution in [3.8, 4) is 0 Å². The molecule has 0 N–H and O–H groups in total. The molecule has 0 radical (unpaired) electrons. The lowest BCUT2D eigenvalue weighted by Gasteiger charge is -2.27. The number of halogens is 1. The van der Waals surface area contributed by atoms with E-state index in [-0.39, 0.29) is 5.91 Å². The van der Waals surface area contributed by atoms with Gasteiger partial charge in [-0.25, -0.2) is 0 Å². The molecular weight excluding hydrogens is 342 g/mol. The fourth-order valence-electron chi connectivity index (χ4n) is 2.77. The second-order valence-electron chi connectivity index (χ2n) is 4.89. The summed E-state index contributed by atoms with van der Waals surface area (Å²) in [5, 5.41) is 2.94. The van der Waals surface area contributed by atoms with Gasteiger partial charge in [0.05, 0.1) is 4.88 Å². The van der Waals surface area contributed by atoms with E-state index in [1.54, 1.807) is 22.7 Å². The van der Waals surface area contributed by atoms with Crippen LogP contribution in [0, 0.1) is 0 Å². The number of carbonyl (C=O) groups is 1. The van der Waals surface area contributed by atoms with E-state index in [9.17, 15) is 4.79 Å². The third kappa shape index (κ3) is 2.73. The molecule has 0 atom stereocenters. The number of nitrogens with zero attached hydrogens (tertiary/aromatic N) is 1. The topological polar surface area (TPSA) is 20.3 Å². The predicted molar refractivity (Wildman–Crippen MR) is 86.8 cm³/mol. The SMILES string of the molecule is O=C(c1cc2sccc2s1)N(CCBr)C1CCCC1. The van der Waals surface area contributed by atoms with Crippen LogP contribution in [0.3, 0.4) is 0 Å². The standard InChI is InChI=1S/C14H16BrNOS2/c15-6-7-16(10-3-1-2-4-10)14(17)13-9-12-11(19-13)5-8-18-12/h5,8-10H,1-4,6-7H2. The van der Waals surface area contributed by atoms with Gasteiger partial charge in [-0.2, -0.15) is 0 Å². The van der Waals surface area contributed by atoms with Crippen LogP contribution in [0.15, 0.2) is 17.5 Å². The predicted octanol–water partition coefficient (Wildman–Crippen LogP) is 4.74. The summed E-state index contributed by atoms with van der Waals surface area (Å²) < 4.78 is 2.47. The van der Waals surface area contributed by atoms with Crippen LogP contribution in [-0.4, -0.2) is 28.7 Å². The third-order valence-electron chi connectivity index (χ3n) is 3.70. The van der Waals surface area contributed by atoms with Gasteiger partial charge in [0.15, 0.2) is 0 Å². The van der Waals surface area contributed by atoms with Gasteiger partial charge in [-0.15, -0.1) is 22.7 Å². The van der Waals surface area contributed by atoms with E-state index in [2.05, 4.69) is 38.3 Å². The van der Waals surface area contributed by atoms with Crippen molar-refractivity contribution < 1.29 is 4.79 Å².